The maximum atomic E-state index is 11.9. The monoisotopic (exact) mass is 232 g/mol. The molecule has 0 spiro atoms. The van der Waals surface area contributed by atoms with E-state index in [9.17, 15) is 23.1 Å². The van der Waals surface area contributed by atoms with Crippen molar-refractivity contribution in [1.82, 2.24) is 4.90 Å². The average Bonchev–Trinajstić information content (AvgIpc) is 2.19. The Morgan fingerprint density at radius 3 is 2.33 bits per heavy atom. The van der Waals surface area contributed by atoms with Gasteiger partial charge in [0.2, 0.25) is 5.91 Å². The van der Waals surface area contributed by atoms with Crippen molar-refractivity contribution in [3.63, 3.8) is 0 Å². The predicted molar refractivity (Wildman–Crippen MR) is 47.7 cm³/mol. The fourth-order valence-corrected chi connectivity index (χ4v) is 4.33. The Kier molecular flexibility index (Phi) is 1.75. The van der Waals surface area contributed by atoms with Crippen LogP contribution in [0.25, 0.3) is 0 Å². The van der Waals surface area contributed by atoms with E-state index in [-0.39, 0.29) is 6.42 Å². The van der Waals surface area contributed by atoms with Gasteiger partial charge in [-0.05, 0) is 13.8 Å². The van der Waals surface area contributed by atoms with Crippen molar-refractivity contribution in [3.05, 3.63) is 0 Å². The molecule has 2 heterocycles. The summed E-state index contributed by atoms with van der Waals surface area (Å²) in [5, 5.41) is 9.90. The van der Waals surface area contributed by atoms with Crippen LogP contribution in [0.4, 0.5) is 0 Å². The number of hydrogen-bond donors (Lipinski definition) is 0. The number of nitrogens with zero attached hydrogens (tertiary/aromatic N) is 1. The summed E-state index contributed by atoms with van der Waals surface area (Å²) in [5.74, 6) is -1.96. The standard InChI is InChI=1S/C8H10NO5S/c1-8(2)6(7(11)12)9-4(10)3-5(9)15(8,13)14/h5-6H,3H2,1-2H3/t5-,6+/m1/s1. The van der Waals surface area contributed by atoms with Crippen LogP contribution in [0.3, 0.4) is 0 Å². The first-order valence-corrected chi connectivity index (χ1v) is 6.01. The minimum Gasteiger partial charge on any atom is -0.309 e. The van der Waals surface area contributed by atoms with E-state index >= 15 is 0 Å². The minimum absolute atomic E-state index is 0.116. The number of carbonyl (C=O) groups excluding carboxylic acids is 2. The Morgan fingerprint density at radius 2 is 2.00 bits per heavy atom. The second kappa shape index (κ2) is 2.52. The minimum atomic E-state index is -3.61. The molecule has 2 atom stereocenters. The highest BCUT2D eigenvalue weighted by atomic mass is 32.2. The van der Waals surface area contributed by atoms with Gasteiger partial charge in [0.1, 0.15) is 10.1 Å². The van der Waals surface area contributed by atoms with Crippen LogP contribution in [0.2, 0.25) is 0 Å². The van der Waals surface area contributed by atoms with E-state index in [2.05, 4.69) is 0 Å². The van der Waals surface area contributed by atoms with Crippen LogP contribution >= 0.6 is 0 Å². The lowest BCUT2D eigenvalue weighted by Gasteiger charge is -2.34. The molecule has 2 fully saturated rings. The summed E-state index contributed by atoms with van der Waals surface area (Å²) in [5.41, 5.74) is 0. The van der Waals surface area contributed by atoms with Crippen molar-refractivity contribution in [1.29, 1.82) is 0 Å². The first kappa shape index (κ1) is 10.4. The highest BCUT2D eigenvalue weighted by molar-refractivity contribution is 7.93. The lowest BCUT2D eigenvalue weighted by molar-refractivity contribution is -0.161. The summed E-state index contributed by atoms with van der Waals surface area (Å²) in [6, 6.07) is -1.37. The highest BCUT2D eigenvalue weighted by Crippen LogP contribution is 2.45. The average molecular weight is 232 g/mol. The van der Waals surface area contributed by atoms with E-state index in [0.29, 0.717) is 0 Å². The number of β-lactam (4-membered cyclic amide) rings is 1. The highest BCUT2D eigenvalue weighted by Gasteiger charge is 2.68. The maximum Gasteiger partial charge on any atom is 0.379 e. The van der Waals surface area contributed by atoms with E-state index in [1.54, 1.807) is 0 Å². The van der Waals surface area contributed by atoms with E-state index in [0.717, 1.165) is 4.90 Å². The lowest BCUT2D eigenvalue weighted by Crippen LogP contribution is -2.56. The van der Waals surface area contributed by atoms with Gasteiger partial charge in [0.25, 0.3) is 0 Å². The van der Waals surface area contributed by atoms with Gasteiger partial charge in [0.15, 0.2) is 15.9 Å². The molecule has 6 nitrogen and oxygen atoms in total. The van der Waals surface area contributed by atoms with Crippen LogP contribution in [0, 0.1) is 0 Å². The summed E-state index contributed by atoms with van der Waals surface area (Å²) in [6.45, 7) is 2.63. The zero-order valence-corrected chi connectivity index (χ0v) is 9.08. The van der Waals surface area contributed by atoms with Gasteiger partial charge in [-0.15, -0.1) is 0 Å². The van der Waals surface area contributed by atoms with Gasteiger partial charge in [-0.3, -0.25) is 4.79 Å². The number of rotatable bonds is 1. The summed E-state index contributed by atoms with van der Waals surface area (Å²) in [6.07, 6.45) is -0.116. The van der Waals surface area contributed by atoms with Crippen molar-refractivity contribution in [2.75, 3.05) is 0 Å². The van der Waals surface area contributed by atoms with Gasteiger partial charge in [-0.1, -0.05) is 0 Å². The third kappa shape index (κ3) is 0.961. The van der Waals surface area contributed by atoms with Crippen molar-refractivity contribution in [3.8, 4) is 0 Å². The first-order valence-electron chi connectivity index (χ1n) is 4.46. The Bertz CT molecular complexity index is 452. The van der Waals surface area contributed by atoms with Crippen LogP contribution in [0.5, 0.6) is 0 Å². The lowest BCUT2D eigenvalue weighted by atomic mass is 9.98. The van der Waals surface area contributed by atoms with Crippen molar-refractivity contribution >= 4 is 21.7 Å². The molecule has 0 N–H and O–H groups in total. The fraction of sp³-hybridized carbons (Fsp3) is 0.750. The van der Waals surface area contributed by atoms with E-state index in [1.807, 2.05) is 0 Å². The Balaban J connectivity index is 2.57. The van der Waals surface area contributed by atoms with Crippen LogP contribution < -0.4 is 0 Å². The fourth-order valence-electron chi connectivity index (χ4n) is 2.21. The molecule has 7 heteroatoms. The third-order valence-electron chi connectivity index (χ3n) is 3.20. The summed E-state index contributed by atoms with van der Waals surface area (Å²) < 4.78 is 22.2. The molecule has 0 aromatic heterocycles. The van der Waals surface area contributed by atoms with E-state index in [1.165, 1.54) is 13.8 Å². The second-order valence-corrected chi connectivity index (χ2v) is 7.02. The summed E-state index contributed by atoms with van der Waals surface area (Å²) >= 11 is 0. The van der Waals surface area contributed by atoms with Crippen LogP contribution in [-0.4, -0.2) is 41.4 Å². The molecule has 2 aliphatic rings. The van der Waals surface area contributed by atoms with Gasteiger partial charge in [-0.2, -0.15) is 0 Å². The molecule has 0 bridgehead atoms. The van der Waals surface area contributed by atoms with Crippen LogP contribution in [0.1, 0.15) is 20.3 Å². The largest absolute Gasteiger partial charge is 0.379 e. The summed E-state index contributed by atoms with van der Waals surface area (Å²) in [7, 11) is -3.61. The van der Waals surface area contributed by atoms with Crippen molar-refractivity contribution in [2.24, 2.45) is 0 Å². The number of carbonyl (C=O) groups is 2. The van der Waals surface area contributed by atoms with Crippen LogP contribution in [0.15, 0.2) is 0 Å². The molecule has 0 saturated carbocycles. The van der Waals surface area contributed by atoms with Gasteiger partial charge in [-0.25, -0.2) is 18.3 Å². The maximum absolute atomic E-state index is 11.9. The molecule has 15 heavy (non-hydrogen) atoms. The van der Waals surface area contributed by atoms with Crippen molar-refractivity contribution in [2.45, 2.75) is 36.4 Å². The van der Waals surface area contributed by atoms with Crippen molar-refractivity contribution < 1.29 is 23.1 Å². The Hall–Kier alpha value is -1.11. The van der Waals surface area contributed by atoms with Gasteiger partial charge < -0.3 is 4.90 Å². The molecule has 2 rings (SSSR count). The van der Waals surface area contributed by atoms with Gasteiger partial charge >= 0.3 is 5.97 Å². The van der Waals surface area contributed by atoms with Gasteiger partial charge in [0.05, 0.1) is 6.42 Å². The van der Waals surface area contributed by atoms with Gasteiger partial charge in [0, 0.05) is 0 Å². The molecule has 0 aromatic rings. The molecular formula is C8H10NO5S. The number of amides is 1. The molecule has 2 aliphatic heterocycles. The third-order valence-corrected chi connectivity index (χ3v) is 6.00. The molecule has 1 amide bonds. The SMILES string of the molecule is CC1(C)[C@H](C([O])=O)N2C(=O)C[C@H]2S1(=O)=O. The number of fused-ring (bicyclic) bond motifs is 1. The number of sulfone groups is 1. The summed E-state index contributed by atoms with van der Waals surface area (Å²) in [4.78, 5) is 23.0. The molecular weight excluding hydrogens is 222 g/mol. The Labute approximate surface area is 86.8 Å². The number of hydrogen-bond acceptors (Lipinski definition) is 4. The topological polar surface area (TPSA) is 91.4 Å². The smallest absolute Gasteiger partial charge is 0.309 e. The van der Waals surface area contributed by atoms with E-state index < -0.39 is 37.9 Å². The zero-order valence-electron chi connectivity index (χ0n) is 8.26. The zero-order chi connectivity index (χ0) is 11.6. The quantitative estimate of drug-likeness (QED) is 0.546. The van der Waals surface area contributed by atoms with Crippen LogP contribution in [-0.2, 0) is 24.5 Å². The molecule has 0 aliphatic carbocycles. The normalized spacial score (nSPS) is 35.9. The Morgan fingerprint density at radius 1 is 1.47 bits per heavy atom. The molecule has 0 unspecified atom stereocenters. The second-order valence-electron chi connectivity index (χ2n) is 4.33. The molecule has 2 saturated heterocycles. The van der Waals surface area contributed by atoms with E-state index in [4.69, 9.17) is 0 Å². The predicted octanol–water partition coefficient (Wildman–Crippen LogP) is -0.922. The molecule has 1 radical (unpaired) electrons. The molecule has 0 aromatic carbocycles. The first-order chi connectivity index (χ1) is 6.71. The molecule has 83 valence electrons.